The van der Waals surface area contributed by atoms with Gasteiger partial charge in [-0.1, -0.05) is 33.1 Å². The zero-order chi connectivity index (χ0) is 14.5. The van der Waals surface area contributed by atoms with Crippen molar-refractivity contribution in [2.24, 2.45) is 5.92 Å². The zero-order valence-electron chi connectivity index (χ0n) is 12.6. The molecule has 1 unspecified atom stereocenters. The van der Waals surface area contributed by atoms with E-state index in [4.69, 9.17) is 5.73 Å². The highest BCUT2D eigenvalue weighted by Gasteiger charge is 2.11. The van der Waals surface area contributed by atoms with Crippen LogP contribution in [-0.2, 0) is 0 Å². The normalized spacial score (nSPS) is 12.8. The fourth-order valence-corrected chi connectivity index (χ4v) is 3.26. The molecule has 0 saturated carbocycles. The first-order chi connectivity index (χ1) is 9.63. The summed E-state index contributed by atoms with van der Waals surface area (Å²) in [7, 11) is 0. The lowest BCUT2D eigenvalue weighted by Crippen LogP contribution is -2.15. The number of nitrogens with two attached hydrogens (primary N) is 1. The zero-order valence-corrected chi connectivity index (χ0v) is 13.4. The maximum Gasteiger partial charge on any atom is 0.223 e. The third kappa shape index (κ3) is 3.60. The molecule has 1 atom stereocenters. The Bertz CT molecular complexity index is 564. The van der Waals surface area contributed by atoms with Crippen LogP contribution in [0.3, 0.4) is 0 Å². The Morgan fingerprint density at radius 2 is 2.15 bits per heavy atom. The van der Waals surface area contributed by atoms with E-state index in [9.17, 15) is 0 Å². The molecular formula is C15H24N4S. The number of aryl methyl sites for hydroxylation is 1. The minimum atomic E-state index is 0.350. The number of hydrogen-bond acceptors (Lipinski definition) is 5. The molecule has 0 aliphatic carbocycles. The first kappa shape index (κ1) is 15.0. The summed E-state index contributed by atoms with van der Waals surface area (Å²) in [4.78, 5) is 10.9. The highest BCUT2D eigenvalue weighted by Crippen LogP contribution is 2.29. The number of aromatic nitrogens is 2. The van der Waals surface area contributed by atoms with Crippen LogP contribution >= 0.6 is 11.3 Å². The van der Waals surface area contributed by atoms with Gasteiger partial charge in [-0.25, -0.2) is 4.98 Å². The molecule has 2 aromatic rings. The maximum absolute atomic E-state index is 5.80. The third-order valence-corrected chi connectivity index (χ3v) is 4.58. The van der Waals surface area contributed by atoms with Crippen molar-refractivity contribution in [2.45, 2.75) is 46.5 Å². The maximum atomic E-state index is 5.80. The van der Waals surface area contributed by atoms with E-state index in [0.717, 1.165) is 22.6 Å². The van der Waals surface area contributed by atoms with Gasteiger partial charge in [0.2, 0.25) is 5.95 Å². The molecule has 0 radical (unpaired) electrons. The highest BCUT2D eigenvalue weighted by atomic mass is 32.1. The molecule has 0 aliphatic rings. The Labute approximate surface area is 124 Å². The number of unbranched alkanes of at least 4 members (excludes halogenated alkanes) is 1. The second-order valence-corrected chi connectivity index (χ2v) is 6.54. The number of rotatable bonds is 7. The lowest BCUT2D eigenvalue weighted by atomic mass is 9.99. The first-order valence-electron chi connectivity index (χ1n) is 7.41. The topological polar surface area (TPSA) is 63.8 Å². The quantitative estimate of drug-likeness (QED) is 0.802. The van der Waals surface area contributed by atoms with Gasteiger partial charge in [-0.3, -0.25) is 0 Å². The van der Waals surface area contributed by atoms with E-state index in [2.05, 4.69) is 42.1 Å². The second-order valence-electron chi connectivity index (χ2n) is 5.30. The average Bonchev–Trinajstić information content (AvgIpc) is 2.79. The predicted octanol–water partition coefficient (Wildman–Crippen LogP) is 4.21. The van der Waals surface area contributed by atoms with Crippen molar-refractivity contribution < 1.29 is 0 Å². The SMILES string of the molecule is CCCCC(CC)CNc1nc(N)nc2sc(C)cc12. The van der Waals surface area contributed by atoms with Crippen molar-refractivity contribution in [3.05, 3.63) is 10.9 Å². The summed E-state index contributed by atoms with van der Waals surface area (Å²) in [5.74, 6) is 1.93. The summed E-state index contributed by atoms with van der Waals surface area (Å²) in [5.41, 5.74) is 5.80. The van der Waals surface area contributed by atoms with Crippen LogP contribution in [0, 0.1) is 12.8 Å². The van der Waals surface area contributed by atoms with Crippen LogP contribution in [0.15, 0.2) is 6.07 Å². The van der Waals surface area contributed by atoms with Crippen molar-refractivity contribution in [2.75, 3.05) is 17.6 Å². The number of nitrogens with zero attached hydrogens (tertiary/aromatic N) is 2. The van der Waals surface area contributed by atoms with Crippen molar-refractivity contribution in [1.29, 1.82) is 0 Å². The number of nitrogen functional groups attached to an aromatic ring is 1. The summed E-state index contributed by atoms with van der Waals surface area (Å²) < 4.78 is 0. The number of thiophene rings is 1. The largest absolute Gasteiger partial charge is 0.369 e. The summed E-state index contributed by atoms with van der Waals surface area (Å²) in [6.07, 6.45) is 5.01. The minimum Gasteiger partial charge on any atom is -0.369 e. The van der Waals surface area contributed by atoms with Gasteiger partial charge in [0.05, 0.1) is 5.39 Å². The van der Waals surface area contributed by atoms with Crippen molar-refractivity contribution in [3.63, 3.8) is 0 Å². The molecule has 0 amide bonds. The monoisotopic (exact) mass is 292 g/mol. The van der Waals surface area contributed by atoms with Gasteiger partial charge in [-0.05, 0) is 25.3 Å². The Hall–Kier alpha value is -1.36. The molecule has 0 spiro atoms. The number of hydrogen-bond donors (Lipinski definition) is 2. The molecule has 5 heteroatoms. The van der Waals surface area contributed by atoms with Gasteiger partial charge in [0.1, 0.15) is 10.6 Å². The molecule has 20 heavy (non-hydrogen) atoms. The van der Waals surface area contributed by atoms with Gasteiger partial charge in [0.25, 0.3) is 0 Å². The van der Waals surface area contributed by atoms with E-state index in [0.29, 0.717) is 11.9 Å². The van der Waals surface area contributed by atoms with Gasteiger partial charge in [0.15, 0.2) is 0 Å². The van der Waals surface area contributed by atoms with Crippen molar-refractivity contribution in [3.8, 4) is 0 Å². The fourth-order valence-electron chi connectivity index (χ4n) is 2.38. The number of nitrogens with one attached hydrogen (secondary N) is 1. The summed E-state index contributed by atoms with van der Waals surface area (Å²) in [5, 5.41) is 4.57. The van der Waals surface area contributed by atoms with Gasteiger partial charge >= 0.3 is 0 Å². The second kappa shape index (κ2) is 6.88. The molecule has 0 fully saturated rings. The van der Waals surface area contributed by atoms with Gasteiger partial charge in [-0.15, -0.1) is 11.3 Å². The van der Waals surface area contributed by atoms with Crippen LogP contribution in [0.25, 0.3) is 10.2 Å². The van der Waals surface area contributed by atoms with Crippen LogP contribution in [0.5, 0.6) is 0 Å². The molecule has 110 valence electrons. The molecule has 0 saturated heterocycles. The highest BCUT2D eigenvalue weighted by molar-refractivity contribution is 7.18. The molecule has 0 aromatic carbocycles. The molecule has 4 nitrogen and oxygen atoms in total. The molecule has 0 aliphatic heterocycles. The molecular weight excluding hydrogens is 268 g/mol. The minimum absolute atomic E-state index is 0.350. The van der Waals surface area contributed by atoms with Crippen LogP contribution in [0.1, 0.15) is 44.4 Å². The standard InChI is InChI=1S/C15H24N4S/c1-4-6-7-11(5-2)9-17-13-12-8-10(3)20-14(12)19-15(16)18-13/h8,11H,4-7,9H2,1-3H3,(H3,16,17,18,19). The average molecular weight is 292 g/mol. The van der Waals surface area contributed by atoms with Gasteiger partial charge in [0, 0.05) is 11.4 Å². The molecule has 2 heterocycles. The summed E-state index contributed by atoms with van der Waals surface area (Å²) in [6.45, 7) is 7.53. The predicted molar refractivity (Wildman–Crippen MR) is 88.4 cm³/mol. The van der Waals surface area contributed by atoms with E-state index < -0.39 is 0 Å². The molecule has 0 bridgehead atoms. The van der Waals surface area contributed by atoms with E-state index in [-0.39, 0.29) is 0 Å². The molecule has 2 aromatic heterocycles. The Kier molecular flexibility index (Phi) is 5.17. The van der Waals surface area contributed by atoms with E-state index in [1.54, 1.807) is 11.3 Å². The Morgan fingerprint density at radius 1 is 1.35 bits per heavy atom. The van der Waals surface area contributed by atoms with Crippen LogP contribution < -0.4 is 11.1 Å². The smallest absolute Gasteiger partial charge is 0.223 e. The van der Waals surface area contributed by atoms with Crippen LogP contribution in [-0.4, -0.2) is 16.5 Å². The third-order valence-electron chi connectivity index (χ3n) is 3.63. The summed E-state index contributed by atoms with van der Waals surface area (Å²) >= 11 is 1.66. The van der Waals surface area contributed by atoms with Crippen LogP contribution in [0.2, 0.25) is 0 Å². The molecule has 3 N–H and O–H groups in total. The lowest BCUT2D eigenvalue weighted by molar-refractivity contribution is 0.472. The van der Waals surface area contributed by atoms with Crippen molar-refractivity contribution in [1.82, 2.24) is 9.97 Å². The van der Waals surface area contributed by atoms with Crippen molar-refractivity contribution >= 4 is 33.3 Å². The van der Waals surface area contributed by atoms with Gasteiger partial charge < -0.3 is 11.1 Å². The first-order valence-corrected chi connectivity index (χ1v) is 8.23. The summed E-state index contributed by atoms with van der Waals surface area (Å²) in [6, 6.07) is 2.13. The van der Waals surface area contributed by atoms with E-state index >= 15 is 0 Å². The van der Waals surface area contributed by atoms with E-state index in [1.165, 1.54) is 30.6 Å². The fraction of sp³-hybridized carbons (Fsp3) is 0.600. The van der Waals surface area contributed by atoms with Gasteiger partial charge in [-0.2, -0.15) is 4.98 Å². The lowest BCUT2D eigenvalue weighted by Gasteiger charge is -2.16. The Morgan fingerprint density at radius 3 is 2.85 bits per heavy atom. The van der Waals surface area contributed by atoms with E-state index in [1.807, 2.05) is 0 Å². The molecule has 2 rings (SSSR count). The van der Waals surface area contributed by atoms with Crippen LogP contribution in [0.4, 0.5) is 11.8 Å². The number of fused-ring (bicyclic) bond motifs is 1. The number of anilines is 2. The Balaban J connectivity index is 2.12.